The maximum Gasteiger partial charge on any atom is 0.319 e. The summed E-state index contributed by atoms with van der Waals surface area (Å²) in [5, 5.41) is 19.2. The number of aliphatic hydroxyl groups is 1. The van der Waals surface area contributed by atoms with E-state index in [1.54, 1.807) is 6.92 Å². The zero-order valence-electron chi connectivity index (χ0n) is 10.5. The molecule has 0 aliphatic carbocycles. The Morgan fingerprint density at radius 1 is 1.65 bits per heavy atom. The molecule has 0 bridgehead atoms. The molecule has 2 amide bonds. The molecule has 0 spiro atoms. The minimum atomic E-state index is -0.874. The monoisotopic (exact) mass is 256 g/mol. The van der Waals surface area contributed by atoms with Gasteiger partial charge in [0.25, 0.3) is 0 Å². The lowest BCUT2D eigenvalue weighted by Gasteiger charge is -2.29. The Kier molecular flexibility index (Phi) is 4.96. The van der Waals surface area contributed by atoms with Crippen molar-refractivity contribution in [3.05, 3.63) is 16.8 Å². The number of carbonyl (C=O) groups excluding carboxylic acids is 1. The number of hydrogen-bond acceptors (Lipinski definition) is 3. The van der Waals surface area contributed by atoms with Gasteiger partial charge in [0.05, 0.1) is 11.3 Å². The van der Waals surface area contributed by atoms with Crippen molar-refractivity contribution in [2.75, 3.05) is 11.9 Å². The summed E-state index contributed by atoms with van der Waals surface area (Å²) in [7, 11) is 0. The molecule has 1 aromatic rings. The van der Waals surface area contributed by atoms with E-state index < -0.39 is 5.60 Å². The molecule has 4 nitrogen and oxygen atoms in total. The van der Waals surface area contributed by atoms with Crippen LogP contribution in [0.1, 0.15) is 27.2 Å². The van der Waals surface area contributed by atoms with Crippen molar-refractivity contribution in [3.8, 4) is 0 Å². The number of carbonyl (C=O) groups is 1. The first-order valence-corrected chi connectivity index (χ1v) is 6.69. The summed E-state index contributed by atoms with van der Waals surface area (Å²) in [6.45, 7) is 5.98. The van der Waals surface area contributed by atoms with Crippen molar-refractivity contribution in [1.82, 2.24) is 5.32 Å². The first-order valence-electron chi connectivity index (χ1n) is 5.75. The Morgan fingerprint density at radius 2 is 2.35 bits per heavy atom. The van der Waals surface area contributed by atoms with Gasteiger partial charge >= 0.3 is 6.03 Å². The maximum atomic E-state index is 11.5. The van der Waals surface area contributed by atoms with Gasteiger partial charge in [0.1, 0.15) is 0 Å². The lowest BCUT2D eigenvalue weighted by atomic mass is 9.89. The lowest BCUT2D eigenvalue weighted by molar-refractivity contribution is 0.00827. The van der Waals surface area contributed by atoms with Crippen molar-refractivity contribution < 1.29 is 9.90 Å². The first kappa shape index (κ1) is 14.0. The molecule has 0 fully saturated rings. The molecule has 0 aromatic carbocycles. The minimum absolute atomic E-state index is 0.143. The van der Waals surface area contributed by atoms with Crippen LogP contribution >= 0.6 is 11.3 Å². The summed E-state index contributed by atoms with van der Waals surface area (Å²) in [4.78, 5) is 11.5. The molecule has 3 N–H and O–H groups in total. The zero-order valence-corrected chi connectivity index (χ0v) is 11.3. The molecule has 0 aliphatic rings. The number of amides is 2. The summed E-state index contributed by atoms with van der Waals surface area (Å²) in [5.74, 6) is 0.143. The fraction of sp³-hybridized carbons (Fsp3) is 0.583. The van der Waals surface area contributed by atoms with Crippen LogP contribution in [0.3, 0.4) is 0 Å². The third-order valence-electron chi connectivity index (χ3n) is 3.06. The highest BCUT2D eigenvalue weighted by Gasteiger charge is 2.27. The number of urea groups is 1. The molecule has 0 saturated heterocycles. The largest absolute Gasteiger partial charge is 0.388 e. The summed E-state index contributed by atoms with van der Waals surface area (Å²) in [5.41, 5.74) is -0.100. The van der Waals surface area contributed by atoms with Crippen molar-refractivity contribution >= 4 is 23.1 Å². The van der Waals surface area contributed by atoms with E-state index in [0.717, 1.165) is 12.1 Å². The third kappa shape index (κ3) is 4.36. The van der Waals surface area contributed by atoms with Gasteiger partial charge in [0.2, 0.25) is 0 Å². The van der Waals surface area contributed by atoms with Crippen LogP contribution in [0.2, 0.25) is 0 Å². The Labute approximate surface area is 106 Å². The van der Waals surface area contributed by atoms with Crippen molar-refractivity contribution in [2.45, 2.75) is 32.8 Å². The van der Waals surface area contributed by atoms with E-state index in [0.29, 0.717) is 0 Å². The third-order valence-corrected chi connectivity index (χ3v) is 3.74. The van der Waals surface area contributed by atoms with E-state index in [-0.39, 0.29) is 18.5 Å². The second kappa shape index (κ2) is 6.02. The summed E-state index contributed by atoms with van der Waals surface area (Å²) >= 11 is 1.52. The highest BCUT2D eigenvalue weighted by Crippen LogP contribution is 2.19. The van der Waals surface area contributed by atoms with Crippen molar-refractivity contribution in [2.24, 2.45) is 5.92 Å². The van der Waals surface area contributed by atoms with E-state index in [4.69, 9.17) is 0 Å². The zero-order chi connectivity index (χ0) is 12.9. The second-order valence-electron chi connectivity index (χ2n) is 4.49. The van der Waals surface area contributed by atoms with Gasteiger partial charge in [-0.2, -0.15) is 11.3 Å². The fourth-order valence-corrected chi connectivity index (χ4v) is 1.97. The summed E-state index contributed by atoms with van der Waals surface area (Å²) < 4.78 is 0. The van der Waals surface area contributed by atoms with E-state index >= 15 is 0 Å². The van der Waals surface area contributed by atoms with Gasteiger partial charge in [-0.25, -0.2) is 4.79 Å². The minimum Gasteiger partial charge on any atom is -0.388 e. The second-order valence-corrected chi connectivity index (χ2v) is 5.27. The highest BCUT2D eigenvalue weighted by atomic mass is 32.1. The molecule has 0 radical (unpaired) electrons. The van der Waals surface area contributed by atoms with Gasteiger partial charge in [-0.1, -0.05) is 20.3 Å². The van der Waals surface area contributed by atoms with Crippen LogP contribution in [-0.4, -0.2) is 23.3 Å². The standard InChI is InChI=1S/C12H20N2O2S/c1-4-9(2)12(3,16)8-13-11(15)14-10-5-6-17-7-10/h5-7,9,16H,4,8H2,1-3H3,(H2,13,14,15). The Hall–Kier alpha value is -1.07. The Bertz CT molecular complexity index is 349. The Morgan fingerprint density at radius 3 is 2.88 bits per heavy atom. The van der Waals surface area contributed by atoms with Crippen LogP contribution in [0.25, 0.3) is 0 Å². The summed E-state index contributed by atoms with van der Waals surface area (Å²) in [6.07, 6.45) is 0.876. The molecule has 0 saturated carbocycles. The molecule has 0 aliphatic heterocycles. The smallest absolute Gasteiger partial charge is 0.319 e. The molecular weight excluding hydrogens is 236 g/mol. The van der Waals surface area contributed by atoms with Crippen LogP contribution < -0.4 is 10.6 Å². The van der Waals surface area contributed by atoms with Gasteiger partial charge in [0.15, 0.2) is 0 Å². The molecule has 2 atom stereocenters. The molecule has 1 rings (SSSR count). The van der Waals surface area contributed by atoms with Crippen LogP contribution in [0.15, 0.2) is 16.8 Å². The fourth-order valence-electron chi connectivity index (χ4n) is 1.38. The van der Waals surface area contributed by atoms with Gasteiger partial charge in [-0.3, -0.25) is 0 Å². The van der Waals surface area contributed by atoms with Crippen LogP contribution in [0, 0.1) is 5.92 Å². The van der Waals surface area contributed by atoms with Crippen LogP contribution in [0.5, 0.6) is 0 Å². The van der Waals surface area contributed by atoms with E-state index in [1.807, 2.05) is 30.7 Å². The molecule has 1 aromatic heterocycles. The first-order chi connectivity index (χ1) is 7.95. The van der Waals surface area contributed by atoms with Gasteiger partial charge in [0, 0.05) is 11.9 Å². The van der Waals surface area contributed by atoms with E-state index in [9.17, 15) is 9.90 Å². The van der Waals surface area contributed by atoms with Gasteiger partial charge in [-0.15, -0.1) is 0 Å². The quantitative estimate of drug-likeness (QED) is 0.758. The predicted molar refractivity (Wildman–Crippen MR) is 71.4 cm³/mol. The average molecular weight is 256 g/mol. The van der Waals surface area contributed by atoms with Crippen LogP contribution in [0.4, 0.5) is 10.5 Å². The van der Waals surface area contributed by atoms with Gasteiger partial charge < -0.3 is 15.7 Å². The topological polar surface area (TPSA) is 61.4 Å². The van der Waals surface area contributed by atoms with E-state index in [1.165, 1.54) is 11.3 Å². The Balaban J connectivity index is 2.37. The SMILES string of the molecule is CCC(C)C(C)(O)CNC(=O)Nc1ccsc1. The molecule has 17 heavy (non-hydrogen) atoms. The highest BCUT2D eigenvalue weighted by molar-refractivity contribution is 7.08. The molecular formula is C12H20N2O2S. The average Bonchev–Trinajstić information content (AvgIpc) is 2.78. The van der Waals surface area contributed by atoms with Crippen LogP contribution in [-0.2, 0) is 0 Å². The van der Waals surface area contributed by atoms with Crippen molar-refractivity contribution in [3.63, 3.8) is 0 Å². The number of hydrogen-bond donors (Lipinski definition) is 3. The van der Waals surface area contributed by atoms with Crippen molar-refractivity contribution in [1.29, 1.82) is 0 Å². The number of anilines is 1. The predicted octanol–water partition coefficient (Wildman–Crippen LogP) is 2.67. The molecule has 2 unspecified atom stereocenters. The maximum absolute atomic E-state index is 11.5. The molecule has 5 heteroatoms. The number of nitrogens with one attached hydrogen (secondary N) is 2. The number of thiophene rings is 1. The molecule has 1 heterocycles. The molecule has 96 valence electrons. The van der Waals surface area contributed by atoms with Gasteiger partial charge in [-0.05, 0) is 24.3 Å². The van der Waals surface area contributed by atoms with E-state index in [2.05, 4.69) is 10.6 Å². The summed E-state index contributed by atoms with van der Waals surface area (Å²) in [6, 6.07) is 1.55. The normalized spacial score (nSPS) is 16.0. The lowest BCUT2D eigenvalue weighted by Crippen LogP contribution is -2.46. The number of rotatable bonds is 5.